The van der Waals surface area contributed by atoms with Gasteiger partial charge in [0.15, 0.2) is 0 Å². The van der Waals surface area contributed by atoms with Gasteiger partial charge in [-0.3, -0.25) is 4.90 Å². The fourth-order valence-corrected chi connectivity index (χ4v) is 2.74. The van der Waals surface area contributed by atoms with Gasteiger partial charge in [-0.25, -0.2) is 4.98 Å². The number of halogens is 1. The molecule has 1 aromatic heterocycles. The molecule has 0 aromatic carbocycles. The highest BCUT2D eigenvalue weighted by Gasteiger charge is 2.27. The Balaban J connectivity index is 0.00000200. The lowest BCUT2D eigenvalue weighted by molar-refractivity contribution is 0.255. The van der Waals surface area contributed by atoms with Gasteiger partial charge in [-0.1, -0.05) is 6.07 Å². The summed E-state index contributed by atoms with van der Waals surface area (Å²) in [4.78, 5) is 9.19. The molecule has 1 fully saturated rings. The molecule has 20 heavy (non-hydrogen) atoms. The highest BCUT2D eigenvalue weighted by molar-refractivity contribution is 5.85. The number of aromatic nitrogens is 1. The lowest BCUT2D eigenvalue weighted by Crippen LogP contribution is -2.27. The van der Waals surface area contributed by atoms with E-state index >= 15 is 0 Å². The Morgan fingerprint density at radius 3 is 2.70 bits per heavy atom. The van der Waals surface area contributed by atoms with Crippen molar-refractivity contribution in [2.75, 3.05) is 31.6 Å². The summed E-state index contributed by atoms with van der Waals surface area (Å²) in [6, 6.07) is 4.93. The Morgan fingerprint density at radius 2 is 2.20 bits per heavy atom. The summed E-state index contributed by atoms with van der Waals surface area (Å²) in [5, 5.41) is 0. The molecule has 0 radical (unpaired) electrons. The van der Waals surface area contributed by atoms with Crippen LogP contribution < -0.4 is 10.6 Å². The summed E-state index contributed by atoms with van der Waals surface area (Å²) < 4.78 is 0. The second kappa shape index (κ2) is 7.81. The maximum Gasteiger partial charge on any atom is 0.128 e. The molecule has 4 nitrogen and oxygen atoms in total. The molecule has 2 atom stereocenters. The molecule has 0 saturated carbocycles. The quantitative estimate of drug-likeness (QED) is 0.904. The van der Waals surface area contributed by atoms with E-state index in [0.29, 0.717) is 12.0 Å². The van der Waals surface area contributed by atoms with Crippen LogP contribution in [0.5, 0.6) is 0 Å². The van der Waals surface area contributed by atoms with Crippen LogP contribution in [0.15, 0.2) is 18.3 Å². The molecule has 0 spiro atoms. The summed E-state index contributed by atoms with van der Waals surface area (Å²) >= 11 is 0. The van der Waals surface area contributed by atoms with E-state index in [4.69, 9.17) is 5.73 Å². The molecule has 2 unspecified atom stereocenters. The first kappa shape index (κ1) is 17.2. The van der Waals surface area contributed by atoms with Crippen LogP contribution in [0.3, 0.4) is 0 Å². The Hall–Kier alpha value is -0.840. The third kappa shape index (κ3) is 4.08. The van der Waals surface area contributed by atoms with Gasteiger partial charge in [0.2, 0.25) is 0 Å². The van der Waals surface area contributed by atoms with Crippen molar-refractivity contribution in [1.82, 2.24) is 9.88 Å². The maximum absolute atomic E-state index is 5.78. The van der Waals surface area contributed by atoms with Crippen LogP contribution in [0.25, 0.3) is 0 Å². The molecule has 1 aromatic rings. The molecule has 5 heteroatoms. The van der Waals surface area contributed by atoms with E-state index in [-0.39, 0.29) is 12.4 Å². The van der Waals surface area contributed by atoms with Gasteiger partial charge in [0.25, 0.3) is 0 Å². The Morgan fingerprint density at radius 1 is 1.45 bits per heavy atom. The van der Waals surface area contributed by atoms with Crippen LogP contribution in [0.4, 0.5) is 5.82 Å². The van der Waals surface area contributed by atoms with Crippen molar-refractivity contribution in [2.24, 2.45) is 11.7 Å². The first-order valence-electron chi connectivity index (χ1n) is 7.24. The topological polar surface area (TPSA) is 45.4 Å². The Bertz CT molecular complexity index is 395. The first-order chi connectivity index (χ1) is 9.13. The van der Waals surface area contributed by atoms with Gasteiger partial charge in [-0.2, -0.15) is 0 Å². The lowest BCUT2D eigenvalue weighted by Gasteiger charge is -2.21. The van der Waals surface area contributed by atoms with Crippen molar-refractivity contribution < 1.29 is 0 Å². The number of nitrogens with zero attached hydrogens (tertiary/aromatic N) is 3. The molecule has 0 amide bonds. The van der Waals surface area contributed by atoms with Crippen molar-refractivity contribution in [3.05, 3.63) is 23.9 Å². The maximum atomic E-state index is 5.78. The normalized spacial score (nSPS) is 22.6. The van der Waals surface area contributed by atoms with Gasteiger partial charge in [0.05, 0.1) is 0 Å². The van der Waals surface area contributed by atoms with E-state index in [1.165, 1.54) is 12.0 Å². The largest absolute Gasteiger partial charge is 0.360 e. The summed E-state index contributed by atoms with van der Waals surface area (Å²) in [5.41, 5.74) is 7.07. The predicted octanol–water partition coefficient (Wildman–Crippen LogP) is 2.13. The van der Waals surface area contributed by atoms with E-state index in [0.717, 1.165) is 32.0 Å². The monoisotopic (exact) mass is 298 g/mol. The summed E-state index contributed by atoms with van der Waals surface area (Å²) in [7, 11) is 2.07. The zero-order valence-electron chi connectivity index (χ0n) is 12.7. The highest BCUT2D eigenvalue weighted by atomic mass is 35.5. The lowest BCUT2D eigenvalue weighted by atomic mass is 10.1. The smallest absolute Gasteiger partial charge is 0.128 e. The molecule has 114 valence electrons. The number of pyridine rings is 1. The van der Waals surface area contributed by atoms with Crippen molar-refractivity contribution in [3.8, 4) is 0 Å². The average molecular weight is 299 g/mol. The summed E-state index contributed by atoms with van der Waals surface area (Å²) in [5.74, 6) is 1.70. The van der Waals surface area contributed by atoms with Crippen LogP contribution in [0.1, 0.15) is 25.8 Å². The van der Waals surface area contributed by atoms with Crippen molar-refractivity contribution in [2.45, 2.75) is 32.9 Å². The second-order valence-corrected chi connectivity index (χ2v) is 5.65. The van der Waals surface area contributed by atoms with E-state index in [2.05, 4.69) is 47.8 Å². The van der Waals surface area contributed by atoms with E-state index in [1.54, 1.807) is 0 Å². The minimum atomic E-state index is 0. The van der Waals surface area contributed by atoms with Gasteiger partial charge < -0.3 is 10.6 Å². The van der Waals surface area contributed by atoms with E-state index in [9.17, 15) is 0 Å². The van der Waals surface area contributed by atoms with Crippen LogP contribution in [-0.4, -0.2) is 42.6 Å². The SMILES string of the molecule is CCN(C)c1ccc(CN2CC(CN)CC2C)cn1.Cl. The summed E-state index contributed by atoms with van der Waals surface area (Å²) in [6.07, 6.45) is 3.23. The molecule has 2 rings (SSSR count). The predicted molar refractivity (Wildman–Crippen MR) is 87.5 cm³/mol. The average Bonchev–Trinajstić information content (AvgIpc) is 2.79. The molecule has 1 saturated heterocycles. The van der Waals surface area contributed by atoms with Crippen LogP contribution in [0, 0.1) is 5.92 Å². The van der Waals surface area contributed by atoms with Crippen LogP contribution in [-0.2, 0) is 6.54 Å². The van der Waals surface area contributed by atoms with Gasteiger partial charge in [0.1, 0.15) is 5.82 Å². The molecule has 2 N–H and O–H groups in total. The molecule has 0 aliphatic carbocycles. The highest BCUT2D eigenvalue weighted by Crippen LogP contribution is 2.24. The number of anilines is 1. The second-order valence-electron chi connectivity index (χ2n) is 5.65. The number of nitrogens with two attached hydrogens (primary N) is 1. The van der Waals surface area contributed by atoms with Crippen LogP contribution >= 0.6 is 12.4 Å². The third-order valence-corrected chi connectivity index (χ3v) is 4.18. The van der Waals surface area contributed by atoms with E-state index < -0.39 is 0 Å². The van der Waals surface area contributed by atoms with Gasteiger partial charge >= 0.3 is 0 Å². The van der Waals surface area contributed by atoms with Gasteiger partial charge in [0, 0.05) is 38.9 Å². The number of rotatable bonds is 5. The molecule has 1 aliphatic rings. The fraction of sp³-hybridized carbons (Fsp3) is 0.667. The molecular formula is C15H27ClN4. The summed E-state index contributed by atoms with van der Waals surface area (Å²) in [6.45, 7) is 8.32. The zero-order chi connectivity index (χ0) is 13.8. The van der Waals surface area contributed by atoms with E-state index in [1.807, 2.05) is 6.20 Å². The minimum absolute atomic E-state index is 0. The number of likely N-dealkylation sites (tertiary alicyclic amines) is 1. The van der Waals surface area contributed by atoms with Gasteiger partial charge in [-0.05, 0) is 44.4 Å². The molecule has 0 bridgehead atoms. The first-order valence-corrected chi connectivity index (χ1v) is 7.24. The van der Waals surface area contributed by atoms with Crippen molar-refractivity contribution in [3.63, 3.8) is 0 Å². The standard InChI is InChI=1S/C15H26N4.ClH/c1-4-18(3)15-6-5-13(9-17-15)10-19-11-14(8-16)7-12(19)2;/h5-6,9,12,14H,4,7-8,10-11,16H2,1-3H3;1H. The number of hydrogen-bond acceptors (Lipinski definition) is 4. The molecule has 2 heterocycles. The van der Waals surface area contributed by atoms with Gasteiger partial charge in [-0.15, -0.1) is 12.4 Å². The zero-order valence-corrected chi connectivity index (χ0v) is 13.6. The molecule has 1 aliphatic heterocycles. The van der Waals surface area contributed by atoms with Crippen molar-refractivity contribution in [1.29, 1.82) is 0 Å². The van der Waals surface area contributed by atoms with Crippen molar-refractivity contribution >= 4 is 18.2 Å². The number of hydrogen-bond donors (Lipinski definition) is 1. The Kier molecular flexibility index (Phi) is 6.72. The molecular weight excluding hydrogens is 272 g/mol. The Labute approximate surface area is 128 Å². The minimum Gasteiger partial charge on any atom is -0.360 e. The fourth-order valence-electron chi connectivity index (χ4n) is 2.74. The van der Waals surface area contributed by atoms with Crippen LogP contribution in [0.2, 0.25) is 0 Å². The third-order valence-electron chi connectivity index (χ3n) is 4.18.